The molecule has 3 N–H and O–H groups in total. The fourth-order valence-corrected chi connectivity index (χ4v) is 3.42. The highest BCUT2D eigenvalue weighted by Gasteiger charge is 2.42. The largest absolute Gasteiger partial charge is 0.346 e. The predicted octanol–water partition coefficient (Wildman–Crippen LogP) is 2.28. The van der Waals surface area contributed by atoms with Gasteiger partial charge in [0.25, 0.3) is 0 Å². The molecule has 1 aliphatic rings. The number of carbonyl (C=O) groups is 2. The minimum Gasteiger partial charge on any atom is -0.346 e. The van der Waals surface area contributed by atoms with Gasteiger partial charge in [-0.05, 0) is 25.3 Å². The van der Waals surface area contributed by atoms with Gasteiger partial charge in [0, 0.05) is 6.20 Å². The molecule has 2 aromatic rings. The number of hydrogen-bond donors (Lipinski definition) is 3. The van der Waals surface area contributed by atoms with Gasteiger partial charge in [-0.2, -0.15) is 5.10 Å². The number of carbonyl (C=O) groups excluding carboxylic acids is 2. The molecule has 0 saturated heterocycles. The number of aromatic nitrogens is 2. The SMILES string of the molecule is Cc1cccc(C2(C(=O)NCC(=O)Nc3cn[nH]c3)CCCC2)c1. The maximum absolute atomic E-state index is 12.9. The Balaban J connectivity index is 1.68. The lowest BCUT2D eigenvalue weighted by Gasteiger charge is -2.28. The minimum atomic E-state index is -0.512. The lowest BCUT2D eigenvalue weighted by Crippen LogP contribution is -2.45. The molecule has 0 unspecified atom stereocenters. The number of hydrogen-bond acceptors (Lipinski definition) is 3. The van der Waals surface area contributed by atoms with Crippen LogP contribution in [-0.2, 0) is 15.0 Å². The summed E-state index contributed by atoms with van der Waals surface area (Å²) in [6.45, 7) is 1.99. The fourth-order valence-electron chi connectivity index (χ4n) is 3.42. The van der Waals surface area contributed by atoms with Gasteiger partial charge in [0.15, 0.2) is 0 Å². The first-order valence-electron chi connectivity index (χ1n) is 8.24. The number of amides is 2. The number of aryl methyl sites for hydroxylation is 1. The Kier molecular flexibility index (Phi) is 4.64. The number of benzene rings is 1. The van der Waals surface area contributed by atoms with Crippen LogP contribution in [0.25, 0.3) is 0 Å². The smallest absolute Gasteiger partial charge is 0.243 e. The Morgan fingerprint density at radius 3 is 2.75 bits per heavy atom. The second kappa shape index (κ2) is 6.86. The van der Waals surface area contributed by atoms with E-state index in [1.165, 1.54) is 6.20 Å². The quantitative estimate of drug-likeness (QED) is 0.788. The van der Waals surface area contributed by atoms with Crippen LogP contribution in [0.5, 0.6) is 0 Å². The van der Waals surface area contributed by atoms with Crippen LogP contribution in [0.1, 0.15) is 36.8 Å². The van der Waals surface area contributed by atoms with Crippen LogP contribution in [-0.4, -0.2) is 28.6 Å². The molecule has 1 aliphatic carbocycles. The zero-order chi connectivity index (χ0) is 17.0. The summed E-state index contributed by atoms with van der Waals surface area (Å²) >= 11 is 0. The molecule has 2 amide bonds. The van der Waals surface area contributed by atoms with E-state index in [-0.39, 0.29) is 18.4 Å². The van der Waals surface area contributed by atoms with E-state index in [1.54, 1.807) is 6.20 Å². The fraction of sp³-hybridized carbons (Fsp3) is 0.389. The standard InChI is InChI=1S/C18H22N4O2/c1-13-5-4-6-14(9-13)18(7-2-3-8-18)17(24)19-12-16(23)22-15-10-20-21-11-15/h4-6,9-11H,2-3,7-8,12H2,1H3,(H,19,24)(H,20,21)(H,22,23). The third-order valence-corrected chi connectivity index (χ3v) is 4.65. The highest BCUT2D eigenvalue weighted by Crippen LogP contribution is 2.41. The molecule has 1 heterocycles. The van der Waals surface area contributed by atoms with Crippen LogP contribution < -0.4 is 10.6 Å². The van der Waals surface area contributed by atoms with Gasteiger partial charge in [-0.25, -0.2) is 0 Å². The van der Waals surface area contributed by atoms with Gasteiger partial charge in [0.2, 0.25) is 11.8 Å². The van der Waals surface area contributed by atoms with E-state index in [0.29, 0.717) is 5.69 Å². The van der Waals surface area contributed by atoms with Gasteiger partial charge in [-0.15, -0.1) is 0 Å². The van der Waals surface area contributed by atoms with E-state index in [0.717, 1.165) is 36.8 Å². The van der Waals surface area contributed by atoms with Gasteiger partial charge in [0.1, 0.15) is 0 Å². The Labute approximate surface area is 141 Å². The molecule has 126 valence electrons. The van der Waals surface area contributed by atoms with Crippen LogP contribution >= 0.6 is 0 Å². The van der Waals surface area contributed by atoms with Gasteiger partial charge in [-0.1, -0.05) is 42.7 Å². The molecule has 0 atom stereocenters. The topological polar surface area (TPSA) is 86.9 Å². The van der Waals surface area contributed by atoms with Crippen molar-refractivity contribution < 1.29 is 9.59 Å². The number of aromatic amines is 1. The van der Waals surface area contributed by atoms with Crippen LogP contribution in [0.2, 0.25) is 0 Å². The first kappa shape index (κ1) is 16.2. The zero-order valence-corrected chi connectivity index (χ0v) is 13.8. The van der Waals surface area contributed by atoms with E-state index in [9.17, 15) is 9.59 Å². The van der Waals surface area contributed by atoms with E-state index < -0.39 is 5.41 Å². The molecule has 6 heteroatoms. The molecule has 0 bridgehead atoms. The van der Waals surface area contributed by atoms with Gasteiger partial charge < -0.3 is 10.6 Å². The van der Waals surface area contributed by atoms with E-state index in [4.69, 9.17) is 0 Å². The average molecular weight is 326 g/mol. The molecule has 1 aromatic heterocycles. The Morgan fingerprint density at radius 1 is 1.29 bits per heavy atom. The number of nitrogens with zero attached hydrogens (tertiary/aromatic N) is 1. The lowest BCUT2D eigenvalue weighted by molar-refractivity contribution is -0.128. The van der Waals surface area contributed by atoms with Gasteiger partial charge in [-0.3, -0.25) is 14.7 Å². The minimum absolute atomic E-state index is 0.0441. The van der Waals surface area contributed by atoms with Crippen molar-refractivity contribution in [1.29, 1.82) is 0 Å². The molecular weight excluding hydrogens is 304 g/mol. The van der Waals surface area contributed by atoms with Crippen molar-refractivity contribution in [3.63, 3.8) is 0 Å². The summed E-state index contributed by atoms with van der Waals surface area (Å²) in [5, 5.41) is 11.9. The molecule has 24 heavy (non-hydrogen) atoms. The summed E-state index contributed by atoms with van der Waals surface area (Å²) in [4.78, 5) is 24.8. The average Bonchev–Trinajstić information content (AvgIpc) is 3.25. The number of rotatable bonds is 5. The predicted molar refractivity (Wildman–Crippen MR) is 91.6 cm³/mol. The molecule has 0 aliphatic heterocycles. The summed E-state index contributed by atoms with van der Waals surface area (Å²) in [6, 6.07) is 8.12. The molecule has 0 spiro atoms. The van der Waals surface area contributed by atoms with Gasteiger partial charge >= 0.3 is 0 Å². The van der Waals surface area contributed by atoms with Gasteiger partial charge in [0.05, 0.1) is 23.8 Å². The van der Waals surface area contributed by atoms with Crippen molar-refractivity contribution in [1.82, 2.24) is 15.5 Å². The van der Waals surface area contributed by atoms with Crippen LogP contribution in [0, 0.1) is 6.92 Å². The van der Waals surface area contributed by atoms with Crippen LogP contribution in [0.4, 0.5) is 5.69 Å². The molecule has 6 nitrogen and oxygen atoms in total. The second-order valence-electron chi connectivity index (χ2n) is 6.38. The van der Waals surface area contributed by atoms with Crippen molar-refractivity contribution in [2.24, 2.45) is 0 Å². The first-order valence-corrected chi connectivity index (χ1v) is 8.24. The van der Waals surface area contributed by atoms with E-state index in [2.05, 4.69) is 26.9 Å². The van der Waals surface area contributed by atoms with Crippen LogP contribution in [0.15, 0.2) is 36.7 Å². The van der Waals surface area contributed by atoms with Crippen molar-refractivity contribution in [3.05, 3.63) is 47.8 Å². The van der Waals surface area contributed by atoms with Crippen molar-refractivity contribution >= 4 is 17.5 Å². The Hall–Kier alpha value is -2.63. The number of nitrogens with one attached hydrogen (secondary N) is 3. The number of H-pyrrole nitrogens is 1. The molecule has 1 fully saturated rings. The van der Waals surface area contributed by atoms with E-state index in [1.807, 2.05) is 25.1 Å². The van der Waals surface area contributed by atoms with Crippen molar-refractivity contribution in [2.75, 3.05) is 11.9 Å². The second-order valence-corrected chi connectivity index (χ2v) is 6.38. The summed E-state index contributed by atoms with van der Waals surface area (Å²) in [5.74, 6) is -0.324. The monoisotopic (exact) mass is 326 g/mol. The molecule has 1 saturated carbocycles. The third-order valence-electron chi connectivity index (χ3n) is 4.65. The van der Waals surface area contributed by atoms with Crippen LogP contribution in [0.3, 0.4) is 0 Å². The summed E-state index contributed by atoms with van der Waals surface area (Å²) in [6.07, 6.45) is 6.82. The molecule has 3 rings (SSSR count). The number of anilines is 1. The van der Waals surface area contributed by atoms with Crippen molar-refractivity contribution in [2.45, 2.75) is 38.0 Å². The molecule has 0 radical (unpaired) electrons. The maximum Gasteiger partial charge on any atom is 0.243 e. The molecular formula is C18H22N4O2. The maximum atomic E-state index is 12.9. The zero-order valence-electron chi connectivity index (χ0n) is 13.8. The highest BCUT2D eigenvalue weighted by atomic mass is 16.2. The first-order chi connectivity index (χ1) is 11.6. The normalized spacial score (nSPS) is 15.9. The summed E-state index contributed by atoms with van der Waals surface area (Å²) in [7, 11) is 0. The van der Waals surface area contributed by atoms with Crippen molar-refractivity contribution in [3.8, 4) is 0 Å². The Bertz CT molecular complexity index is 718. The van der Waals surface area contributed by atoms with E-state index >= 15 is 0 Å². The third kappa shape index (κ3) is 3.32. The summed E-state index contributed by atoms with van der Waals surface area (Å²) in [5.41, 5.74) is 2.27. The molecule has 1 aromatic carbocycles. The highest BCUT2D eigenvalue weighted by molar-refractivity contribution is 5.96. The Morgan fingerprint density at radius 2 is 2.08 bits per heavy atom. The lowest BCUT2D eigenvalue weighted by atomic mass is 9.77. The summed E-state index contributed by atoms with van der Waals surface area (Å²) < 4.78 is 0.